The van der Waals surface area contributed by atoms with E-state index in [1.807, 2.05) is 5.32 Å². The molecule has 5 rings (SSSR count). The van der Waals surface area contributed by atoms with Gasteiger partial charge in [-0.3, -0.25) is 15.0 Å². The van der Waals surface area contributed by atoms with Crippen molar-refractivity contribution in [3.8, 4) is 17.0 Å². The molecule has 41 heavy (non-hydrogen) atoms. The van der Waals surface area contributed by atoms with Gasteiger partial charge < -0.3 is 30.9 Å². The number of nitrogens with one attached hydrogen (secondary N) is 2. The number of halogens is 2. The Balaban J connectivity index is 1.42. The molecule has 10 nitrogen and oxygen atoms in total. The van der Waals surface area contributed by atoms with Gasteiger partial charge in [0.15, 0.2) is 0 Å². The monoisotopic (exact) mass is 566 g/mol. The quantitative estimate of drug-likeness (QED) is 0.308. The van der Waals surface area contributed by atoms with Gasteiger partial charge in [0.25, 0.3) is 5.91 Å². The molecule has 3 aliphatic rings. The number of pyridine rings is 1. The average Bonchev–Trinajstić information content (AvgIpc) is 3.71. The maximum absolute atomic E-state index is 14.8. The van der Waals surface area contributed by atoms with E-state index < -0.39 is 35.0 Å². The fourth-order valence-electron chi connectivity index (χ4n) is 4.63. The van der Waals surface area contributed by atoms with E-state index in [1.165, 1.54) is 25.3 Å². The summed E-state index contributed by atoms with van der Waals surface area (Å²) in [5.41, 5.74) is 5.46. The van der Waals surface area contributed by atoms with E-state index in [0.717, 1.165) is 18.9 Å². The molecule has 0 saturated heterocycles. The highest BCUT2D eigenvalue weighted by atomic mass is 19.1. The first-order chi connectivity index (χ1) is 19.5. The number of carbonyl (C=O) groups excluding carboxylic acids is 2. The Hall–Kier alpha value is -4.42. The fourth-order valence-corrected chi connectivity index (χ4v) is 4.63. The molecular weight excluding hydrogens is 536 g/mol. The van der Waals surface area contributed by atoms with Crippen LogP contribution in [-0.4, -0.2) is 53.9 Å². The number of methoxy groups -OCH3 is 1. The second kappa shape index (κ2) is 10.9. The van der Waals surface area contributed by atoms with Crippen molar-refractivity contribution >= 4 is 17.5 Å². The number of allylic oxidation sites excluding steroid dienone is 2. The molecule has 0 spiro atoms. The summed E-state index contributed by atoms with van der Waals surface area (Å²) in [6.07, 6.45) is 5.62. The first-order valence-corrected chi connectivity index (χ1v) is 13.0. The molecule has 2 atom stereocenters. The van der Waals surface area contributed by atoms with E-state index in [1.54, 1.807) is 19.2 Å². The van der Waals surface area contributed by atoms with Crippen LogP contribution in [0.1, 0.15) is 37.1 Å². The lowest BCUT2D eigenvalue weighted by molar-refractivity contribution is -0.602. The zero-order chi connectivity index (χ0) is 29.5. The lowest BCUT2D eigenvalue weighted by Gasteiger charge is -2.20. The van der Waals surface area contributed by atoms with Gasteiger partial charge in [0.2, 0.25) is 5.91 Å². The summed E-state index contributed by atoms with van der Waals surface area (Å²) in [7, 11) is 1.41. The Kier molecular flexibility index (Phi) is 7.45. The number of hydrogen-bond acceptors (Lipinski definition) is 7. The third-order valence-corrected chi connectivity index (χ3v) is 7.40. The van der Waals surface area contributed by atoms with Crippen LogP contribution < -0.4 is 21.1 Å². The summed E-state index contributed by atoms with van der Waals surface area (Å²) >= 11 is 0. The van der Waals surface area contributed by atoms with Crippen molar-refractivity contribution in [2.75, 3.05) is 20.3 Å². The van der Waals surface area contributed by atoms with Crippen LogP contribution in [0.4, 0.5) is 8.78 Å². The molecule has 2 aliphatic carbocycles. The average molecular weight is 567 g/mol. The first-order valence-electron chi connectivity index (χ1n) is 13.0. The van der Waals surface area contributed by atoms with E-state index in [9.17, 15) is 23.5 Å². The van der Waals surface area contributed by atoms with E-state index >= 15 is 0 Å². The zero-order valence-corrected chi connectivity index (χ0v) is 22.5. The van der Waals surface area contributed by atoms with Crippen molar-refractivity contribution in [2.24, 2.45) is 5.73 Å². The number of rotatable bonds is 9. The predicted octanol–water partition coefficient (Wildman–Crippen LogP) is 1.41. The lowest BCUT2D eigenvalue weighted by atomic mass is 9.83. The maximum atomic E-state index is 14.8. The number of ether oxygens (including phenoxy) is 2. The summed E-state index contributed by atoms with van der Waals surface area (Å²) in [6, 6.07) is 4.85. The van der Waals surface area contributed by atoms with Crippen LogP contribution in [0.25, 0.3) is 11.3 Å². The van der Waals surface area contributed by atoms with Gasteiger partial charge >= 0.3 is 0 Å². The summed E-state index contributed by atoms with van der Waals surface area (Å²) in [5, 5.41) is 24.0. The molecule has 7 N–H and O–H groups in total. The van der Waals surface area contributed by atoms with Crippen molar-refractivity contribution < 1.29 is 38.3 Å². The normalized spacial score (nSPS) is 21.5. The number of aliphatic hydroxyl groups is 1. The predicted molar refractivity (Wildman–Crippen MR) is 144 cm³/mol. The minimum absolute atomic E-state index is 0.0212. The number of aromatic nitrogens is 1. The highest BCUT2D eigenvalue weighted by Gasteiger charge is 2.44. The van der Waals surface area contributed by atoms with Gasteiger partial charge in [0, 0.05) is 42.2 Å². The summed E-state index contributed by atoms with van der Waals surface area (Å²) in [5.74, 6) is -2.59. The zero-order valence-electron chi connectivity index (χ0n) is 22.5. The number of amides is 2. The SMILES string of the molecule is COC1=CC(C(=O)NC[C@@H](O)c2cc3c(c(-c4ccc(F)cc4F)n2)OC[C@]3(C)C(N)=O)=C/C(=C/[NH2+]C2CC2)C1=N. The third kappa shape index (κ3) is 5.48. The van der Waals surface area contributed by atoms with Crippen LogP contribution in [0.15, 0.2) is 59.5 Å². The number of aliphatic hydroxyl groups excluding tert-OH is 1. The van der Waals surface area contributed by atoms with Crippen LogP contribution >= 0.6 is 0 Å². The van der Waals surface area contributed by atoms with Crippen LogP contribution in [0.2, 0.25) is 0 Å². The van der Waals surface area contributed by atoms with Gasteiger partial charge in [-0.25, -0.2) is 13.8 Å². The van der Waals surface area contributed by atoms with E-state index in [0.29, 0.717) is 23.2 Å². The molecule has 1 aromatic carbocycles. The number of primary amides is 1. The number of benzene rings is 1. The van der Waals surface area contributed by atoms with Crippen LogP contribution in [0.5, 0.6) is 5.75 Å². The molecule has 0 radical (unpaired) electrons. The smallest absolute Gasteiger partial charge is 0.251 e. The third-order valence-electron chi connectivity index (χ3n) is 7.40. The Morgan fingerprint density at radius 1 is 1.34 bits per heavy atom. The number of nitrogens with zero attached hydrogens (tertiary/aromatic N) is 1. The van der Waals surface area contributed by atoms with E-state index in [2.05, 4.69) is 10.3 Å². The fraction of sp³-hybridized carbons (Fsp3) is 0.310. The molecule has 2 aromatic rings. The number of fused-ring (bicyclic) bond motifs is 1. The van der Waals surface area contributed by atoms with Crippen molar-refractivity contribution in [3.05, 3.63) is 82.4 Å². The van der Waals surface area contributed by atoms with Gasteiger partial charge in [-0.05, 0) is 37.3 Å². The standard InChI is InChI=1S/C29H29F2N5O5/c1-29(28(33)39)13-41-26-19(29)10-21(36-25(26)18-6-3-16(30)9-20(18)31)22(37)12-35-27(38)14-7-15(11-34-17-4-5-17)24(32)23(8-14)40-2/h3,6-11,17,22,32,34,37H,4-5,12-13H2,1-2H3,(H2,33,39)(H,35,38)/p+1/b15-11-,32-24?/t22-,29+/m1/s1. The summed E-state index contributed by atoms with van der Waals surface area (Å²) < 4.78 is 39.4. The Bertz CT molecular complexity index is 1550. The molecule has 1 saturated carbocycles. The van der Waals surface area contributed by atoms with Crippen LogP contribution in [-0.2, 0) is 19.7 Å². The number of carbonyl (C=O) groups is 2. The van der Waals surface area contributed by atoms with Crippen molar-refractivity contribution in [2.45, 2.75) is 37.3 Å². The Morgan fingerprint density at radius 2 is 2.10 bits per heavy atom. The molecule has 1 aromatic heterocycles. The van der Waals surface area contributed by atoms with Crippen molar-refractivity contribution in [3.63, 3.8) is 0 Å². The van der Waals surface area contributed by atoms with Gasteiger partial charge in [-0.2, -0.15) is 0 Å². The molecular formula is C29H30F2N5O5+. The molecule has 0 bridgehead atoms. The number of nitrogens with two attached hydrogens (primary N) is 2. The number of hydrogen-bond donors (Lipinski definition) is 5. The number of quaternary nitrogens is 1. The Labute approximate surface area is 234 Å². The van der Waals surface area contributed by atoms with Crippen LogP contribution in [0.3, 0.4) is 0 Å². The second-order valence-corrected chi connectivity index (χ2v) is 10.4. The molecule has 1 fully saturated rings. The first kappa shape index (κ1) is 28.1. The van der Waals surface area contributed by atoms with Crippen molar-refractivity contribution in [1.29, 1.82) is 5.41 Å². The summed E-state index contributed by atoms with van der Waals surface area (Å²) in [4.78, 5) is 29.8. The van der Waals surface area contributed by atoms with Gasteiger partial charge in [0.1, 0.15) is 58.9 Å². The molecule has 1 aliphatic heterocycles. The van der Waals surface area contributed by atoms with E-state index in [-0.39, 0.29) is 52.9 Å². The largest absolute Gasteiger partial charge is 0.494 e. The second-order valence-electron chi connectivity index (χ2n) is 10.4. The van der Waals surface area contributed by atoms with Crippen LogP contribution in [0, 0.1) is 17.0 Å². The Morgan fingerprint density at radius 3 is 2.76 bits per heavy atom. The maximum Gasteiger partial charge on any atom is 0.251 e. The van der Waals surface area contributed by atoms with Gasteiger partial charge in [-0.15, -0.1) is 0 Å². The van der Waals surface area contributed by atoms with Crippen molar-refractivity contribution in [1.82, 2.24) is 10.3 Å². The molecule has 12 heteroatoms. The lowest BCUT2D eigenvalue weighted by Crippen LogP contribution is -2.80. The minimum atomic E-state index is -1.38. The van der Waals surface area contributed by atoms with E-state index in [4.69, 9.17) is 20.6 Å². The minimum Gasteiger partial charge on any atom is -0.494 e. The highest BCUT2D eigenvalue weighted by Crippen LogP contribution is 2.45. The topological polar surface area (TPSA) is 164 Å². The molecule has 2 heterocycles. The molecule has 2 amide bonds. The van der Waals surface area contributed by atoms with Gasteiger partial charge in [-0.1, -0.05) is 0 Å². The highest BCUT2D eigenvalue weighted by molar-refractivity contribution is 6.15. The summed E-state index contributed by atoms with van der Waals surface area (Å²) in [6.45, 7) is 1.14. The molecule has 214 valence electrons. The van der Waals surface area contributed by atoms with Gasteiger partial charge in [0.05, 0.1) is 24.4 Å². The molecule has 0 unspecified atom stereocenters.